The Morgan fingerprint density at radius 2 is 1.79 bits per heavy atom. The average molecular weight is 654 g/mol. The molecule has 1 aromatic rings. The lowest BCUT2D eigenvalue weighted by molar-refractivity contribution is -0.146. The first-order chi connectivity index (χ1) is 22.3. The lowest BCUT2D eigenvalue weighted by Gasteiger charge is -2.30. The van der Waals surface area contributed by atoms with Crippen molar-refractivity contribution < 1.29 is 38.2 Å². The van der Waals surface area contributed by atoms with Gasteiger partial charge in [0.1, 0.15) is 29.3 Å². The van der Waals surface area contributed by atoms with Crippen molar-refractivity contribution in [1.82, 2.24) is 26.2 Å². The zero-order valence-electron chi connectivity index (χ0n) is 27.6. The van der Waals surface area contributed by atoms with Gasteiger partial charge in [-0.1, -0.05) is 55.3 Å². The summed E-state index contributed by atoms with van der Waals surface area (Å²) in [5.41, 5.74) is -1.18. The molecule has 3 aliphatic rings. The minimum absolute atomic E-state index is 0.0242. The fourth-order valence-electron chi connectivity index (χ4n) is 6.03. The van der Waals surface area contributed by atoms with E-state index < -0.39 is 59.1 Å². The van der Waals surface area contributed by atoms with Crippen LogP contribution in [0.1, 0.15) is 78.2 Å². The zero-order chi connectivity index (χ0) is 34.2. The maximum atomic E-state index is 14.0. The van der Waals surface area contributed by atoms with Gasteiger partial charge in [0.05, 0.1) is 13.1 Å². The lowest BCUT2D eigenvalue weighted by atomic mass is 10.0. The number of amides is 5. The van der Waals surface area contributed by atoms with Crippen LogP contribution in [-0.2, 0) is 40.0 Å². The Morgan fingerprint density at radius 3 is 2.49 bits per heavy atom. The molecule has 1 aromatic carbocycles. The van der Waals surface area contributed by atoms with E-state index in [-0.39, 0.29) is 31.3 Å². The summed E-state index contributed by atoms with van der Waals surface area (Å²) in [6, 6.07) is 7.33. The van der Waals surface area contributed by atoms with E-state index in [1.165, 1.54) is 11.8 Å². The highest BCUT2D eigenvalue weighted by molar-refractivity contribution is 5.99. The number of fused-ring (bicyclic) bond motifs is 2. The van der Waals surface area contributed by atoms with E-state index in [1.54, 1.807) is 20.8 Å². The van der Waals surface area contributed by atoms with Crippen molar-refractivity contribution in [2.45, 2.75) is 109 Å². The standard InChI is InChI=1S/C34H47N5O8/c1-22(40)46-25-17-27-29(42)38-34(31(44)36-20-28(41)35-19-23-13-9-8-10-14-23)18-24(34)15-11-6-5-7-12-16-26(30(43)39(27)21-25)37-32(45)47-33(2,3)4/h8-11,13-15,24-27H,5-7,12,16-21H2,1-4H3,(H,35,41)(H,36,44)(H,37,45)(H,38,42)/b15-11-/t24-,25+,26-,27-,34+/m0/s1. The second kappa shape index (κ2) is 15.4. The third kappa shape index (κ3) is 10.0. The van der Waals surface area contributed by atoms with E-state index in [9.17, 15) is 28.8 Å². The molecule has 2 aliphatic heterocycles. The molecule has 4 rings (SSSR count). The summed E-state index contributed by atoms with van der Waals surface area (Å²) in [6.45, 7) is 6.39. The second-order valence-corrected chi connectivity index (χ2v) is 13.5. The SMILES string of the molecule is CC(=O)O[C@@H]1C[C@H]2C(=O)N[C@]3(C(=O)NCC(=O)NCc4ccccc4)C[C@@H]3/C=C\CCCCC[C@H](NC(=O)OC(C)(C)C)C(=O)N2C1. The molecule has 0 spiro atoms. The molecule has 0 aromatic heterocycles. The molecule has 13 nitrogen and oxygen atoms in total. The van der Waals surface area contributed by atoms with Gasteiger partial charge in [-0.15, -0.1) is 0 Å². The van der Waals surface area contributed by atoms with Gasteiger partial charge in [-0.2, -0.15) is 0 Å². The number of benzene rings is 1. The number of alkyl carbamates (subject to hydrolysis) is 1. The number of rotatable bonds is 7. The quantitative estimate of drug-likeness (QED) is 0.256. The van der Waals surface area contributed by atoms with E-state index in [1.807, 2.05) is 42.5 Å². The minimum Gasteiger partial charge on any atom is -0.461 e. The van der Waals surface area contributed by atoms with Crippen LogP contribution in [0, 0.1) is 5.92 Å². The smallest absolute Gasteiger partial charge is 0.408 e. The van der Waals surface area contributed by atoms with Gasteiger partial charge in [-0.3, -0.25) is 24.0 Å². The normalized spacial score (nSPS) is 27.0. The summed E-state index contributed by atoms with van der Waals surface area (Å²) in [6.07, 6.45) is 6.06. The predicted molar refractivity (Wildman–Crippen MR) is 171 cm³/mol. The summed E-state index contributed by atoms with van der Waals surface area (Å²) in [7, 11) is 0. The van der Waals surface area contributed by atoms with Crippen LogP contribution in [0.25, 0.3) is 0 Å². The maximum absolute atomic E-state index is 14.0. The zero-order valence-corrected chi connectivity index (χ0v) is 27.6. The molecular weight excluding hydrogens is 606 g/mol. The average Bonchev–Trinajstić information content (AvgIpc) is 3.53. The second-order valence-electron chi connectivity index (χ2n) is 13.5. The number of allylic oxidation sites excluding steroid dienone is 1. The monoisotopic (exact) mass is 653 g/mol. The largest absolute Gasteiger partial charge is 0.461 e. The van der Waals surface area contributed by atoms with E-state index in [4.69, 9.17) is 9.47 Å². The van der Waals surface area contributed by atoms with E-state index in [0.717, 1.165) is 24.8 Å². The van der Waals surface area contributed by atoms with Crippen LogP contribution in [0.15, 0.2) is 42.5 Å². The molecule has 0 unspecified atom stereocenters. The highest BCUT2D eigenvalue weighted by atomic mass is 16.6. The van der Waals surface area contributed by atoms with E-state index in [2.05, 4.69) is 21.3 Å². The van der Waals surface area contributed by atoms with Gasteiger partial charge in [-0.25, -0.2) is 4.79 Å². The summed E-state index contributed by atoms with van der Waals surface area (Å²) in [5.74, 6) is -2.83. The highest BCUT2D eigenvalue weighted by Gasteiger charge is 2.61. The Hall–Kier alpha value is -4.42. The van der Waals surface area contributed by atoms with Gasteiger partial charge in [0.15, 0.2) is 0 Å². The first-order valence-electron chi connectivity index (χ1n) is 16.3. The molecule has 2 heterocycles. The number of carbonyl (C=O) groups excluding carboxylic acids is 6. The third-order valence-electron chi connectivity index (χ3n) is 8.41. The van der Waals surface area contributed by atoms with Crippen LogP contribution < -0.4 is 21.3 Å². The number of ether oxygens (including phenoxy) is 2. The molecule has 2 fully saturated rings. The highest BCUT2D eigenvalue weighted by Crippen LogP contribution is 2.45. The number of hydrogen-bond donors (Lipinski definition) is 4. The number of nitrogens with one attached hydrogen (secondary N) is 4. The summed E-state index contributed by atoms with van der Waals surface area (Å²) in [4.78, 5) is 79.9. The molecule has 13 heteroatoms. The van der Waals surface area contributed by atoms with Crippen molar-refractivity contribution in [3.63, 3.8) is 0 Å². The first-order valence-corrected chi connectivity index (χ1v) is 16.3. The van der Waals surface area contributed by atoms with Crippen LogP contribution in [-0.4, -0.2) is 83.0 Å². The van der Waals surface area contributed by atoms with Crippen molar-refractivity contribution in [2.75, 3.05) is 13.1 Å². The molecule has 5 amide bonds. The van der Waals surface area contributed by atoms with Gasteiger partial charge in [0.25, 0.3) is 0 Å². The van der Waals surface area contributed by atoms with Crippen LogP contribution in [0.5, 0.6) is 0 Å². The van der Waals surface area contributed by atoms with Crippen molar-refractivity contribution in [3.8, 4) is 0 Å². The van der Waals surface area contributed by atoms with Gasteiger partial charge in [-0.05, 0) is 52.0 Å². The summed E-state index contributed by atoms with van der Waals surface area (Å²) < 4.78 is 10.8. The third-order valence-corrected chi connectivity index (χ3v) is 8.41. The van der Waals surface area contributed by atoms with Crippen LogP contribution in [0.2, 0.25) is 0 Å². The van der Waals surface area contributed by atoms with Gasteiger partial charge < -0.3 is 35.6 Å². The first kappa shape index (κ1) is 35.4. The Morgan fingerprint density at radius 1 is 1.04 bits per heavy atom. The molecule has 0 radical (unpaired) electrons. The summed E-state index contributed by atoms with van der Waals surface area (Å²) >= 11 is 0. The molecule has 1 saturated heterocycles. The Kier molecular flexibility index (Phi) is 11.6. The maximum Gasteiger partial charge on any atom is 0.408 e. The molecule has 1 aliphatic carbocycles. The van der Waals surface area contributed by atoms with Crippen LogP contribution >= 0.6 is 0 Å². The van der Waals surface area contributed by atoms with E-state index in [0.29, 0.717) is 25.8 Å². The van der Waals surface area contributed by atoms with Crippen molar-refractivity contribution in [1.29, 1.82) is 0 Å². The molecule has 47 heavy (non-hydrogen) atoms. The number of esters is 1. The van der Waals surface area contributed by atoms with Gasteiger partial charge in [0.2, 0.25) is 23.6 Å². The Labute approximate surface area is 275 Å². The molecule has 4 N–H and O–H groups in total. The lowest BCUT2D eigenvalue weighted by Crippen LogP contribution is -2.58. The fourth-order valence-corrected chi connectivity index (χ4v) is 6.03. The van der Waals surface area contributed by atoms with E-state index >= 15 is 0 Å². The number of nitrogens with zero attached hydrogens (tertiary/aromatic N) is 1. The summed E-state index contributed by atoms with van der Waals surface area (Å²) in [5, 5.41) is 11.0. The topological polar surface area (TPSA) is 172 Å². The van der Waals surface area contributed by atoms with Gasteiger partial charge >= 0.3 is 12.1 Å². The molecule has 256 valence electrons. The number of hydrogen-bond acceptors (Lipinski definition) is 8. The van der Waals surface area contributed by atoms with Crippen molar-refractivity contribution >= 4 is 35.7 Å². The number of carbonyl (C=O) groups is 6. The molecule has 0 bridgehead atoms. The molecular formula is C34H47N5O8. The predicted octanol–water partition coefficient (Wildman–Crippen LogP) is 2.24. The minimum atomic E-state index is -1.31. The molecule has 1 saturated carbocycles. The Balaban J connectivity index is 1.51. The van der Waals surface area contributed by atoms with Crippen molar-refractivity contribution in [2.24, 2.45) is 5.92 Å². The van der Waals surface area contributed by atoms with Crippen LogP contribution in [0.4, 0.5) is 4.79 Å². The van der Waals surface area contributed by atoms with Crippen LogP contribution in [0.3, 0.4) is 0 Å². The van der Waals surface area contributed by atoms with Crippen molar-refractivity contribution in [3.05, 3.63) is 48.0 Å². The fraction of sp³-hybridized carbons (Fsp3) is 0.588. The molecule has 5 atom stereocenters. The Bertz CT molecular complexity index is 1360. The van der Waals surface area contributed by atoms with Gasteiger partial charge in [0, 0.05) is 25.8 Å².